The first-order chi connectivity index (χ1) is 9.77. The average Bonchev–Trinajstić information content (AvgIpc) is 2.38. The summed E-state index contributed by atoms with van der Waals surface area (Å²) in [6, 6.07) is 5.73. The van der Waals surface area contributed by atoms with Crippen LogP contribution in [0.1, 0.15) is 5.56 Å². The average molecular weight is 321 g/mol. The third kappa shape index (κ3) is 5.68. The molecule has 0 saturated carbocycles. The van der Waals surface area contributed by atoms with Crippen LogP contribution in [0.5, 0.6) is 0 Å². The summed E-state index contributed by atoms with van der Waals surface area (Å²) in [7, 11) is -4.02. The molecule has 0 atom stereocenters. The van der Waals surface area contributed by atoms with Crippen molar-refractivity contribution in [3.05, 3.63) is 29.8 Å². The maximum atomic E-state index is 12.2. The van der Waals surface area contributed by atoms with Crippen LogP contribution >= 0.6 is 0 Å². The van der Waals surface area contributed by atoms with Crippen molar-refractivity contribution >= 4 is 10.1 Å². The molecule has 0 unspecified atom stereocenters. The van der Waals surface area contributed by atoms with E-state index in [1.165, 1.54) is 12.1 Å². The molecule has 1 aromatic carbocycles. The van der Waals surface area contributed by atoms with Crippen LogP contribution in [0.25, 0.3) is 0 Å². The van der Waals surface area contributed by atoms with Crippen LogP contribution in [0.15, 0.2) is 29.2 Å². The Morgan fingerprint density at radius 3 is 2.05 bits per heavy atom. The van der Waals surface area contributed by atoms with E-state index in [9.17, 15) is 12.8 Å². The van der Waals surface area contributed by atoms with Crippen molar-refractivity contribution < 1.29 is 27.6 Å². The van der Waals surface area contributed by atoms with E-state index in [1.54, 1.807) is 17.0 Å². The Balaban J connectivity index is 0.000000211. The normalized spacial score (nSPS) is 16.3. The predicted octanol–water partition coefficient (Wildman–Crippen LogP) is 0.235. The highest BCUT2D eigenvalue weighted by molar-refractivity contribution is 7.85. The van der Waals surface area contributed by atoms with Gasteiger partial charge in [-0.1, -0.05) is 17.7 Å². The van der Waals surface area contributed by atoms with Crippen LogP contribution in [0, 0.1) is 6.92 Å². The smallest absolute Gasteiger partial charge is 0.294 e. The van der Waals surface area contributed by atoms with Crippen molar-refractivity contribution in [1.82, 2.24) is 4.90 Å². The number of likely N-dealkylation sites (tertiary alicyclic amines) is 1. The van der Waals surface area contributed by atoms with Crippen molar-refractivity contribution in [2.24, 2.45) is 0 Å². The van der Waals surface area contributed by atoms with Gasteiger partial charge in [0, 0.05) is 13.1 Å². The first-order valence-corrected chi connectivity index (χ1v) is 7.86. The number of hydrogen-bond donors (Lipinski definition) is 3. The Bertz CT molecular complexity index is 524. The standard InChI is InChI=1S/C7H8O3S.C6H12FNO2/c1-6-2-4-7(5-3-6)11(8,9)10;7-5-1-8(2-5)6(3-9)4-10/h2-5H,1H3,(H,8,9,10);5-6,9-10H,1-4H2. The number of alkyl halides is 1. The SMILES string of the molecule is Cc1ccc(S(=O)(=O)O)cc1.OCC(CO)N1CC(F)C1. The zero-order valence-electron chi connectivity index (χ0n) is 11.7. The number of benzene rings is 1. The van der Waals surface area contributed by atoms with Crippen molar-refractivity contribution in [3.63, 3.8) is 0 Å². The predicted molar refractivity (Wildman–Crippen MR) is 75.4 cm³/mol. The molecule has 1 aliphatic heterocycles. The summed E-state index contributed by atoms with van der Waals surface area (Å²) in [6.07, 6.45) is -0.763. The van der Waals surface area contributed by atoms with Crippen LogP contribution in [-0.4, -0.2) is 66.6 Å². The lowest BCUT2D eigenvalue weighted by Crippen LogP contribution is -2.55. The van der Waals surface area contributed by atoms with Gasteiger partial charge in [-0.2, -0.15) is 8.42 Å². The van der Waals surface area contributed by atoms with Gasteiger partial charge >= 0.3 is 0 Å². The van der Waals surface area contributed by atoms with Gasteiger partial charge in [-0.15, -0.1) is 0 Å². The van der Waals surface area contributed by atoms with Gasteiger partial charge in [-0.05, 0) is 19.1 Å². The molecule has 0 aromatic heterocycles. The van der Waals surface area contributed by atoms with Crippen molar-refractivity contribution in [1.29, 1.82) is 0 Å². The largest absolute Gasteiger partial charge is 0.395 e. The molecule has 1 fully saturated rings. The van der Waals surface area contributed by atoms with E-state index in [2.05, 4.69) is 0 Å². The molecule has 2 rings (SSSR count). The van der Waals surface area contributed by atoms with Gasteiger partial charge in [-0.25, -0.2) is 4.39 Å². The fourth-order valence-corrected chi connectivity index (χ4v) is 2.23. The van der Waals surface area contributed by atoms with Gasteiger partial charge in [0.15, 0.2) is 0 Å². The number of halogens is 1. The molecule has 21 heavy (non-hydrogen) atoms. The van der Waals surface area contributed by atoms with E-state index in [-0.39, 0.29) is 24.2 Å². The van der Waals surface area contributed by atoms with Gasteiger partial charge in [0.25, 0.3) is 10.1 Å². The molecule has 8 heteroatoms. The fraction of sp³-hybridized carbons (Fsp3) is 0.538. The Hall–Kier alpha value is -1.06. The topological polar surface area (TPSA) is 98.1 Å². The molecule has 0 aliphatic carbocycles. The van der Waals surface area contributed by atoms with Crippen LogP contribution in [-0.2, 0) is 10.1 Å². The molecule has 0 radical (unpaired) electrons. The van der Waals surface area contributed by atoms with Gasteiger partial charge < -0.3 is 10.2 Å². The summed E-state index contributed by atoms with van der Waals surface area (Å²) >= 11 is 0. The molecule has 0 spiro atoms. The molecule has 3 N–H and O–H groups in total. The summed E-state index contributed by atoms with van der Waals surface area (Å²) in [5.74, 6) is 0. The highest BCUT2D eigenvalue weighted by atomic mass is 32.2. The van der Waals surface area contributed by atoms with E-state index < -0.39 is 16.3 Å². The van der Waals surface area contributed by atoms with Crippen molar-refractivity contribution in [2.75, 3.05) is 26.3 Å². The molecule has 6 nitrogen and oxygen atoms in total. The minimum atomic E-state index is -4.02. The zero-order chi connectivity index (χ0) is 16.0. The van der Waals surface area contributed by atoms with Gasteiger partial charge in [0.05, 0.1) is 24.2 Å². The second-order valence-electron chi connectivity index (χ2n) is 4.86. The molecular weight excluding hydrogens is 301 g/mol. The van der Waals surface area contributed by atoms with E-state index in [0.29, 0.717) is 13.1 Å². The molecule has 1 heterocycles. The summed E-state index contributed by atoms with van der Waals surface area (Å²) < 4.78 is 41.7. The van der Waals surface area contributed by atoms with Gasteiger partial charge in [-0.3, -0.25) is 9.45 Å². The third-order valence-electron chi connectivity index (χ3n) is 3.12. The third-order valence-corrected chi connectivity index (χ3v) is 3.99. The second kappa shape index (κ2) is 7.81. The van der Waals surface area contributed by atoms with Crippen LogP contribution in [0.4, 0.5) is 4.39 Å². The minimum Gasteiger partial charge on any atom is -0.395 e. The molecule has 0 amide bonds. The lowest BCUT2D eigenvalue weighted by atomic mass is 10.1. The molecule has 1 saturated heterocycles. The van der Waals surface area contributed by atoms with Crippen molar-refractivity contribution in [2.45, 2.75) is 24.0 Å². The molecule has 0 bridgehead atoms. The lowest BCUT2D eigenvalue weighted by molar-refractivity contribution is -0.0154. The number of nitrogens with zero attached hydrogens (tertiary/aromatic N) is 1. The summed E-state index contributed by atoms with van der Waals surface area (Å²) in [5.41, 5.74) is 0.956. The number of aliphatic hydroxyl groups is 2. The van der Waals surface area contributed by atoms with Crippen LogP contribution in [0.2, 0.25) is 0 Å². The monoisotopic (exact) mass is 321 g/mol. The first kappa shape index (κ1) is 18.0. The van der Waals surface area contributed by atoms with E-state index >= 15 is 0 Å². The van der Waals surface area contributed by atoms with Gasteiger partial charge in [0.1, 0.15) is 6.17 Å². The van der Waals surface area contributed by atoms with E-state index in [1.807, 2.05) is 6.92 Å². The highest BCUT2D eigenvalue weighted by Gasteiger charge is 2.31. The van der Waals surface area contributed by atoms with E-state index in [4.69, 9.17) is 14.8 Å². The van der Waals surface area contributed by atoms with Crippen LogP contribution < -0.4 is 0 Å². The Morgan fingerprint density at radius 2 is 1.71 bits per heavy atom. The minimum absolute atomic E-state index is 0.0666. The maximum absolute atomic E-state index is 12.2. The number of aryl methyl sites for hydroxylation is 1. The quantitative estimate of drug-likeness (QED) is 0.687. The van der Waals surface area contributed by atoms with Crippen molar-refractivity contribution in [3.8, 4) is 0 Å². The Labute approximate surface area is 123 Å². The second-order valence-corrected chi connectivity index (χ2v) is 6.28. The lowest BCUT2D eigenvalue weighted by Gasteiger charge is -2.38. The molecular formula is C13H20FNO5S. The summed E-state index contributed by atoms with van der Waals surface area (Å²) in [4.78, 5) is 1.66. The zero-order valence-corrected chi connectivity index (χ0v) is 12.5. The molecule has 1 aliphatic rings. The van der Waals surface area contributed by atoms with E-state index in [0.717, 1.165) is 5.56 Å². The van der Waals surface area contributed by atoms with Crippen LogP contribution in [0.3, 0.4) is 0 Å². The Morgan fingerprint density at radius 1 is 1.24 bits per heavy atom. The Kier molecular flexibility index (Phi) is 6.69. The molecule has 1 aromatic rings. The van der Waals surface area contributed by atoms with Gasteiger partial charge in [0.2, 0.25) is 0 Å². The number of rotatable bonds is 4. The summed E-state index contributed by atoms with van der Waals surface area (Å²) in [5, 5.41) is 17.2. The highest BCUT2D eigenvalue weighted by Crippen LogP contribution is 2.14. The number of hydrogen-bond acceptors (Lipinski definition) is 5. The summed E-state index contributed by atoms with van der Waals surface area (Å²) in [6.45, 7) is 2.36. The number of aliphatic hydroxyl groups excluding tert-OH is 2. The fourth-order valence-electron chi connectivity index (χ4n) is 1.75. The maximum Gasteiger partial charge on any atom is 0.294 e. The first-order valence-electron chi connectivity index (χ1n) is 6.42. The molecule has 120 valence electrons.